The zero-order valence-corrected chi connectivity index (χ0v) is 22.8. The number of rotatable bonds is 9. The molecule has 3 aromatic rings. The van der Waals surface area contributed by atoms with E-state index in [0.29, 0.717) is 16.3 Å². The van der Waals surface area contributed by atoms with Crippen LogP contribution in [0.5, 0.6) is 0 Å². The summed E-state index contributed by atoms with van der Waals surface area (Å²) in [6.45, 7) is 5.83. The van der Waals surface area contributed by atoms with E-state index >= 15 is 0 Å². The number of anilines is 2. The average molecular weight is 568 g/mol. The van der Waals surface area contributed by atoms with Crippen molar-refractivity contribution in [1.82, 2.24) is 15.0 Å². The smallest absolute Gasteiger partial charge is 0.405 e. The first-order valence-electron chi connectivity index (χ1n) is 12.7. The van der Waals surface area contributed by atoms with Gasteiger partial charge in [-0.1, -0.05) is 32.9 Å². The molecule has 0 saturated heterocycles. The zero-order valence-electron chi connectivity index (χ0n) is 22.0. The predicted octanol–water partition coefficient (Wildman–Crippen LogP) is 4.39. The molecule has 0 spiro atoms. The number of para-hydroxylation sites is 1. The minimum Gasteiger partial charge on any atom is -0.465 e. The molecule has 4 rings (SSSR count). The van der Waals surface area contributed by atoms with Crippen LogP contribution in [0.15, 0.2) is 24.3 Å². The summed E-state index contributed by atoms with van der Waals surface area (Å²) < 4.78 is 44.9. The van der Waals surface area contributed by atoms with E-state index in [4.69, 9.17) is 4.74 Å². The van der Waals surface area contributed by atoms with Crippen molar-refractivity contribution in [2.24, 2.45) is 17.8 Å². The Hall–Kier alpha value is -3.03. The zero-order chi connectivity index (χ0) is 28.5. The number of carbonyl (C=O) groups excluding carboxylic acids is 1. The number of aliphatic hydroxyl groups is 2. The SMILES string of the molecule is Cc1nc(NCC(F)(F)F)nc(N[C@@H]2C[C@H](COC(=O)[C@@H](C)C(C)C)[C@@H](O)[C@H]2O)c1-c1nc2ccccc2s1. The van der Waals surface area contributed by atoms with Crippen LogP contribution in [0.2, 0.25) is 0 Å². The number of alkyl halides is 3. The molecule has 1 saturated carbocycles. The third-order valence-electron chi connectivity index (χ3n) is 6.98. The van der Waals surface area contributed by atoms with Crippen molar-refractivity contribution in [3.63, 3.8) is 0 Å². The Labute approximate surface area is 227 Å². The number of nitrogens with one attached hydrogen (secondary N) is 2. The number of fused-ring (bicyclic) bond motifs is 1. The summed E-state index contributed by atoms with van der Waals surface area (Å²) in [7, 11) is 0. The highest BCUT2D eigenvalue weighted by Crippen LogP contribution is 2.38. The molecule has 212 valence electrons. The molecular weight excluding hydrogens is 535 g/mol. The van der Waals surface area contributed by atoms with Crippen molar-refractivity contribution >= 4 is 39.3 Å². The van der Waals surface area contributed by atoms with Crippen LogP contribution >= 0.6 is 11.3 Å². The van der Waals surface area contributed by atoms with Crippen molar-refractivity contribution in [2.45, 2.75) is 58.5 Å². The molecule has 9 nitrogen and oxygen atoms in total. The average Bonchev–Trinajstić information content (AvgIpc) is 3.41. The molecule has 1 fully saturated rings. The van der Waals surface area contributed by atoms with E-state index < -0.39 is 36.9 Å². The summed E-state index contributed by atoms with van der Waals surface area (Å²) in [4.78, 5) is 25.5. The number of aliphatic hydroxyl groups excluding tert-OH is 2. The van der Waals surface area contributed by atoms with Gasteiger partial charge in [0, 0.05) is 5.92 Å². The van der Waals surface area contributed by atoms with E-state index in [1.54, 1.807) is 13.8 Å². The summed E-state index contributed by atoms with van der Waals surface area (Å²) in [5.41, 5.74) is 1.62. The van der Waals surface area contributed by atoms with E-state index in [0.717, 1.165) is 10.2 Å². The number of thiazole rings is 1. The van der Waals surface area contributed by atoms with Gasteiger partial charge in [-0.3, -0.25) is 4.79 Å². The van der Waals surface area contributed by atoms with Gasteiger partial charge in [-0.15, -0.1) is 11.3 Å². The summed E-state index contributed by atoms with van der Waals surface area (Å²) >= 11 is 1.38. The van der Waals surface area contributed by atoms with E-state index in [1.807, 2.05) is 38.1 Å². The minimum atomic E-state index is -4.47. The Balaban J connectivity index is 1.61. The van der Waals surface area contributed by atoms with E-state index in [1.165, 1.54) is 11.3 Å². The summed E-state index contributed by atoms with van der Waals surface area (Å²) in [6, 6.07) is 6.76. The maximum atomic E-state index is 12.9. The van der Waals surface area contributed by atoms with Crippen molar-refractivity contribution in [1.29, 1.82) is 0 Å². The second-order valence-electron chi connectivity index (χ2n) is 10.2. The van der Waals surface area contributed by atoms with Crippen LogP contribution in [0, 0.1) is 24.7 Å². The first-order valence-corrected chi connectivity index (χ1v) is 13.5. The summed E-state index contributed by atoms with van der Waals surface area (Å²) in [5, 5.41) is 27.3. The van der Waals surface area contributed by atoms with Crippen LogP contribution in [0.25, 0.3) is 20.8 Å². The Morgan fingerprint density at radius 2 is 1.87 bits per heavy atom. The number of esters is 1. The third kappa shape index (κ3) is 6.76. The number of halogens is 3. The van der Waals surface area contributed by atoms with Gasteiger partial charge in [0.25, 0.3) is 0 Å². The minimum absolute atomic E-state index is 0.0712. The maximum Gasteiger partial charge on any atom is 0.405 e. The number of nitrogens with zero attached hydrogens (tertiary/aromatic N) is 3. The Kier molecular flexibility index (Phi) is 8.62. The fourth-order valence-electron chi connectivity index (χ4n) is 4.37. The molecule has 1 aliphatic carbocycles. The van der Waals surface area contributed by atoms with Crippen molar-refractivity contribution in [2.75, 3.05) is 23.8 Å². The van der Waals surface area contributed by atoms with Gasteiger partial charge in [-0.25, -0.2) is 9.97 Å². The standard InChI is InChI=1S/C26H32F3N5O4S/c1-12(2)13(3)24(37)38-10-15-9-17(21(36)20(15)35)32-22-19(23-33-16-7-5-6-8-18(16)39-23)14(4)31-25(34-22)30-11-26(27,28)29/h5-8,12-13,15,17,20-21,35-36H,9-11H2,1-4H3,(H2,30,31,32,34)/t13-,15+,17+,20+,21-/m0/s1. The second-order valence-corrected chi connectivity index (χ2v) is 11.2. The maximum absolute atomic E-state index is 12.9. The third-order valence-corrected chi connectivity index (χ3v) is 8.03. The summed E-state index contributed by atoms with van der Waals surface area (Å²) in [5.74, 6) is -1.21. The quantitative estimate of drug-likeness (QED) is 0.278. The highest BCUT2D eigenvalue weighted by molar-refractivity contribution is 7.21. The van der Waals surface area contributed by atoms with Crippen LogP contribution in [0.4, 0.5) is 24.9 Å². The van der Waals surface area contributed by atoms with E-state index in [-0.39, 0.29) is 42.6 Å². The number of hydrogen-bond donors (Lipinski definition) is 4. The lowest BCUT2D eigenvalue weighted by Crippen LogP contribution is -2.36. The molecule has 39 heavy (non-hydrogen) atoms. The molecule has 2 aromatic heterocycles. The van der Waals surface area contributed by atoms with Crippen LogP contribution in [-0.2, 0) is 9.53 Å². The van der Waals surface area contributed by atoms with E-state index in [9.17, 15) is 28.2 Å². The van der Waals surface area contributed by atoms with Gasteiger partial charge in [-0.2, -0.15) is 18.2 Å². The monoisotopic (exact) mass is 567 g/mol. The topological polar surface area (TPSA) is 129 Å². The molecule has 5 atom stereocenters. The fraction of sp³-hybridized carbons (Fsp3) is 0.538. The van der Waals surface area contributed by atoms with Gasteiger partial charge < -0.3 is 25.6 Å². The van der Waals surface area contributed by atoms with Gasteiger partial charge in [0.1, 0.15) is 23.5 Å². The number of aryl methyl sites for hydroxylation is 1. The Morgan fingerprint density at radius 3 is 2.54 bits per heavy atom. The number of hydrogen-bond acceptors (Lipinski definition) is 10. The molecule has 13 heteroatoms. The van der Waals surface area contributed by atoms with Crippen LogP contribution in [0.3, 0.4) is 0 Å². The number of aromatic nitrogens is 3. The van der Waals surface area contributed by atoms with Crippen LogP contribution < -0.4 is 10.6 Å². The number of carbonyl (C=O) groups is 1. The Morgan fingerprint density at radius 1 is 1.15 bits per heavy atom. The van der Waals surface area contributed by atoms with Gasteiger partial charge in [0.15, 0.2) is 0 Å². The Bertz CT molecular complexity index is 1290. The fourth-order valence-corrected chi connectivity index (χ4v) is 5.44. The molecule has 2 heterocycles. The lowest BCUT2D eigenvalue weighted by atomic mass is 9.98. The second kappa shape index (κ2) is 11.6. The molecule has 0 bridgehead atoms. The predicted molar refractivity (Wildman–Crippen MR) is 142 cm³/mol. The number of benzene rings is 1. The summed E-state index contributed by atoms with van der Waals surface area (Å²) in [6.07, 6.45) is -6.65. The molecule has 0 aliphatic heterocycles. The first-order chi connectivity index (χ1) is 18.3. The van der Waals surface area contributed by atoms with Crippen molar-refractivity contribution in [3.8, 4) is 10.6 Å². The lowest BCUT2D eigenvalue weighted by molar-refractivity contribution is -0.152. The van der Waals surface area contributed by atoms with Crippen molar-refractivity contribution in [3.05, 3.63) is 30.0 Å². The van der Waals surface area contributed by atoms with Gasteiger partial charge in [-0.05, 0) is 31.4 Å². The molecule has 1 aromatic carbocycles. The molecule has 0 unspecified atom stereocenters. The molecular formula is C26H32F3N5O4S. The largest absolute Gasteiger partial charge is 0.465 e. The van der Waals surface area contributed by atoms with Crippen LogP contribution in [0.1, 0.15) is 32.9 Å². The molecule has 1 aliphatic rings. The van der Waals surface area contributed by atoms with Gasteiger partial charge >= 0.3 is 12.1 Å². The van der Waals surface area contributed by atoms with Crippen molar-refractivity contribution < 1.29 is 32.9 Å². The highest BCUT2D eigenvalue weighted by atomic mass is 32.1. The molecule has 0 radical (unpaired) electrons. The molecule has 4 N–H and O–H groups in total. The van der Waals surface area contributed by atoms with E-state index in [2.05, 4.69) is 25.6 Å². The number of ether oxygens (including phenoxy) is 1. The lowest BCUT2D eigenvalue weighted by Gasteiger charge is -2.21. The van der Waals surface area contributed by atoms with Gasteiger partial charge in [0.05, 0.1) is 46.1 Å². The molecule has 0 amide bonds. The highest BCUT2D eigenvalue weighted by Gasteiger charge is 2.43. The van der Waals surface area contributed by atoms with Gasteiger partial charge in [0.2, 0.25) is 5.95 Å². The first kappa shape index (κ1) is 29.0. The van der Waals surface area contributed by atoms with Crippen LogP contribution in [-0.4, -0.2) is 68.7 Å². The normalized spacial score (nSPS) is 22.3.